The van der Waals surface area contributed by atoms with Crippen molar-refractivity contribution < 1.29 is 27.9 Å². The molecule has 2 heterocycles. The van der Waals surface area contributed by atoms with Gasteiger partial charge in [0.2, 0.25) is 0 Å². The fourth-order valence-corrected chi connectivity index (χ4v) is 4.49. The zero-order valence-electron chi connectivity index (χ0n) is 19.1. The molecule has 1 aromatic heterocycles. The first-order valence-electron chi connectivity index (χ1n) is 11.6. The minimum absolute atomic E-state index is 0.170. The number of aromatic nitrogens is 2. The second-order valence-electron chi connectivity index (χ2n) is 8.71. The van der Waals surface area contributed by atoms with Crippen LogP contribution in [0.2, 0.25) is 0 Å². The van der Waals surface area contributed by atoms with Gasteiger partial charge in [0.1, 0.15) is 5.82 Å². The van der Waals surface area contributed by atoms with Crippen molar-refractivity contribution >= 4 is 23.0 Å². The number of carboxylic acids is 1. The number of hydrogen-bond donors (Lipinski definition) is 2. The Kier molecular flexibility index (Phi) is 7.28. The number of aromatic amines is 1. The molecule has 2 aromatic carbocycles. The van der Waals surface area contributed by atoms with Crippen LogP contribution in [0.3, 0.4) is 0 Å². The van der Waals surface area contributed by atoms with Crippen LogP contribution in [0.15, 0.2) is 48.5 Å². The Balaban J connectivity index is 1.32. The third-order valence-electron chi connectivity index (χ3n) is 6.25. The molecule has 0 spiro atoms. The van der Waals surface area contributed by atoms with Crippen LogP contribution in [0.1, 0.15) is 48.7 Å². The number of para-hydroxylation sites is 2. The SMILES string of the molecule is O=C(O)C[C@@H](c1cccc(C(F)(F)F)c1)N1CCN(CCCCCc2nc3ccccc3[nH]2)C1=O. The number of unbranched alkanes of at least 4 members (excludes halogenated alkanes) is 2. The van der Waals surface area contributed by atoms with Crippen LogP contribution in [-0.2, 0) is 17.4 Å². The summed E-state index contributed by atoms with van der Waals surface area (Å²) in [4.78, 5) is 35.3. The summed E-state index contributed by atoms with van der Waals surface area (Å²) in [6, 6.07) is 11.1. The van der Waals surface area contributed by atoms with Gasteiger partial charge in [0.25, 0.3) is 0 Å². The monoisotopic (exact) mass is 488 g/mol. The number of benzene rings is 2. The zero-order chi connectivity index (χ0) is 25.0. The Morgan fingerprint density at radius 2 is 1.89 bits per heavy atom. The fourth-order valence-electron chi connectivity index (χ4n) is 4.49. The summed E-state index contributed by atoms with van der Waals surface area (Å²) >= 11 is 0. The topological polar surface area (TPSA) is 89.5 Å². The lowest BCUT2D eigenvalue weighted by atomic mass is 10.00. The van der Waals surface area contributed by atoms with E-state index in [1.54, 1.807) is 4.90 Å². The maximum absolute atomic E-state index is 13.2. The van der Waals surface area contributed by atoms with E-state index in [1.807, 2.05) is 24.3 Å². The lowest BCUT2D eigenvalue weighted by molar-refractivity contribution is -0.138. The first-order valence-corrected chi connectivity index (χ1v) is 11.6. The number of H-pyrrole nitrogens is 1. The van der Waals surface area contributed by atoms with Crippen molar-refractivity contribution in [3.05, 3.63) is 65.5 Å². The Morgan fingerprint density at radius 1 is 1.09 bits per heavy atom. The molecule has 1 fully saturated rings. The molecular weight excluding hydrogens is 461 g/mol. The van der Waals surface area contributed by atoms with Gasteiger partial charge in [0.15, 0.2) is 0 Å². The van der Waals surface area contributed by atoms with Gasteiger partial charge in [-0.05, 0) is 42.7 Å². The highest BCUT2D eigenvalue weighted by molar-refractivity contribution is 5.78. The number of imidazole rings is 1. The second-order valence-corrected chi connectivity index (χ2v) is 8.71. The number of nitrogens with one attached hydrogen (secondary N) is 1. The number of amides is 2. The quantitative estimate of drug-likeness (QED) is 0.382. The molecule has 2 amide bonds. The van der Waals surface area contributed by atoms with Crippen molar-refractivity contribution in [1.82, 2.24) is 19.8 Å². The van der Waals surface area contributed by atoms with Gasteiger partial charge in [-0.25, -0.2) is 9.78 Å². The van der Waals surface area contributed by atoms with Gasteiger partial charge in [-0.1, -0.05) is 30.7 Å². The summed E-state index contributed by atoms with van der Waals surface area (Å²) in [6.07, 6.45) is -1.66. The maximum atomic E-state index is 13.2. The van der Waals surface area contributed by atoms with E-state index in [2.05, 4.69) is 9.97 Å². The number of nitrogens with zero attached hydrogens (tertiary/aromatic N) is 3. The number of fused-ring (bicyclic) bond motifs is 1. The first kappa shape index (κ1) is 24.6. The molecule has 186 valence electrons. The highest BCUT2D eigenvalue weighted by Gasteiger charge is 2.37. The number of aryl methyl sites for hydroxylation is 1. The van der Waals surface area contributed by atoms with Crippen molar-refractivity contribution in [2.45, 2.75) is 44.3 Å². The number of rotatable bonds is 10. The van der Waals surface area contributed by atoms with E-state index in [0.29, 0.717) is 13.1 Å². The zero-order valence-corrected chi connectivity index (χ0v) is 19.1. The molecule has 10 heteroatoms. The van der Waals surface area contributed by atoms with E-state index < -0.39 is 30.2 Å². The average Bonchev–Trinajstić information content (AvgIpc) is 3.39. The molecule has 1 aliphatic heterocycles. The molecule has 0 saturated carbocycles. The molecule has 0 aliphatic carbocycles. The Bertz CT molecular complexity index is 1160. The third kappa shape index (κ3) is 5.93. The lowest BCUT2D eigenvalue weighted by Gasteiger charge is -2.28. The number of aliphatic carboxylic acids is 1. The van der Waals surface area contributed by atoms with Crippen LogP contribution in [-0.4, -0.2) is 56.5 Å². The van der Waals surface area contributed by atoms with Gasteiger partial charge < -0.3 is 19.9 Å². The number of urea groups is 1. The first-order chi connectivity index (χ1) is 16.7. The minimum Gasteiger partial charge on any atom is -0.481 e. The van der Waals surface area contributed by atoms with E-state index in [9.17, 15) is 27.9 Å². The molecule has 7 nitrogen and oxygen atoms in total. The van der Waals surface area contributed by atoms with Crippen LogP contribution in [0, 0.1) is 0 Å². The van der Waals surface area contributed by atoms with E-state index >= 15 is 0 Å². The number of carbonyl (C=O) groups excluding carboxylic acids is 1. The summed E-state index contributed by atoms with van der Waals surface area (Å²) in [5, 5.41) is 9.35. The van der Waals surface area contributed by atoms with Crippen molar-refractivity contribution in [3.63, 3.8) is 0 Å². The molecule has 1 aliphatic rings. The van der Waals surface area contributed by atoms with Gasteiger partial charge in [-0.3, -0.25) is 4.79 Å². The molecule has 2 N–H and O–H groups in total. The molecular formula is C25H27F3N4O3. The summed E-state index contributed by atoms with van der Waals surface area (Å²) < 4.78 is 39.5. The Labute approximate surface area is 200 Å². The van der Waals surface area contributed by atoms with Crippen molar-refractivity contribution in [2.24, 2.45) is 0 Å². The average molecular weight is 489 g/mol. The lowest BCUT2D eigenvalue weighted by Crippen LogP contribution is -2.36. The summed E-state index contributed by atoms with van der Waals surface area (Å²) in [5.41, 5.74) is 1.24. The predicted molar refractivity (Wildman–Crippen MR) is 124 cm³/mol. The highest BCUT2D eigenvalue weighted by atomic mass is 19.4. The Morgan fingerprint density at radius 3 is 2.63 bits per heavy atom. The standard InChI is InChI=1S/C25H27F3N4O3/c26-25(27,28)18-8-6-7-17(15-18)21(16-23(33)34)32-14-13-31(24(32)35)12-5-1-2-11-22-29-19-9-3-4-10-20(19)30-22/h3-4,6-10,15,21H,1-2,5,11-14,16H2,(H,29,30)(H,33,34)/t21-/m0/s1. The van der Waals surface area contributed by atoms with E-state index in [0.717, 1.165) is 54.7 Å². The second kappa shape index (κ2) is 10.4. The number of alkyl halides is 3. The van der Waals surface area contributed by atoms with Gasteiger partial charge in [-0.2, -0.15) is 13.2 Å². The van der Waals surface area contributed by atoms with Crippen LogP contribution in [0.4, 0.5) is 18.0 Å². The molecule has 0 radical (unpaired) electrons. The number of hydrogen-bond acceptors (Lipinski definition) is 3. The van der Waals surface area contributed by atoms with Crippen LogP contribution >= 0.6 is 0 Å². The molecule has 3 aromatic rings. The molecule has 0 bridgehead atoms. The molecule has 0 unspecified atom stereocenters. The smallest absolute Gasteiger partial charge is 0.416 e. The van der Waals surface area contributed by atoms with Crippen molar-refractivity contribution in [2.75, 3.05) is 19.6 Å². The highest BCUT2D eigenvalue weighted by Crippen LogP contribution is 2.34. The van der Waals surface area contributed by atoms with Crippen LogP contribution in [0.5, 0.6) is 0 Å². The van der Waals surface area contributed by atoms with E-state index in [1.165, 1.54) is 17.0 Å². The number of carboxylic acid groups (broad SMARTS) is 1. The van der Waals surface area contributed by atoms with Gasteiger partial charge >= 0.3 is 18.2 Å². The predicted octanol–water partition coefficient (Wildman–Crippen LogP) is 5.25. The van der Waals surface area contributed by atoms with Gasteiger partial charge in [0, 0.05) is 26.1 Å². The minimum atomic E-state index is -4.55. The number of halogens is 3. The van der Waals surface area contributed by atoms with Crippen molar-refractivity contribution in [1.29, 1.82) is 0 Å². The van der Waals surface area contributed by atoms with Crippen LogP contribution < -0.4 is 0 Å². The largest absolute Gasteiger partial charge is 0.481 e. The molecule has 1 saturated heterocycles. The van der Waals surface area contributed by atoms with Crippen molar-refractivity contribution in [3.8, 4) is 0 Å². The third-order valence-corrected chi connectivity index (χ3v) is 6.25. The maximum Gasteiger partial charge on any atom is 0.416 e. The van der Waals surface area contributed by atoms with Gasteiger partial charge in [-0.15, -0.1) is 0 Å². The molecule has 4 rings (SSSR count). The van der Waals surface area contributed by atoms with E-state index in [4.69, 9.17) is 0 Å². The Hall–Kier alpha value is -3.56. The normalized spacial score (nSPS) is 15.2. The molecule has 1 atom stereocenters. The fraction of sp³-hybridized carbons (Fsp3) is 0.400. The van der Waals surface area contributed by atoms with Gasteiger partial charge in [0.05, 0.1) is 29.1 Å². The molecule has 35 heavy (non-hydrogen) atoms. The summed E-state index contributed by atoms with van der Waals surface area (Å²) in [7, 11) is 0. The summed E-state index contributed by atoms with van der Waals surface area (Å²) in [5.74, 6) is -0.253. The van der Waals surface area contributed by atoms with Crippen LogP contribution in [0.25, 0.3) is 11.0 Å². The summed E-state index contributed by atoms with van der Waals surface area (Å²) in [6.45, 7) is 1.20. The number of carbonyl (C=O) groups is 2. The van der Waals surface area contributed by atoms with E-state index in [-0.39, 0.29) is 18.1 Å².